The number of hydrogen-bond donors (Lipinski definition) is 1. The molecule has 1 aromatic carbocycles. The third kappa shape index (κ3) is 1.81. The highest BCUT2D eigenvalue weighted by Crippen LogP contribution is 2.24. The highest BCUT2D eigenvalue weighted by atomic mass is 32.1. The summed E-state index contributed by atoms with van der Waals surface area (Å²) < 4.78 is 3.14. The fourth-order valence-electron chi connectivity index (χ4n) is 2.18. The number of nitrogens with zero attached hydrogens (tertiary/aromatic N) is 4. The van der Waals surface area contributed by atoms with Gasteiger partial charge in [-0.1, -0.05) is 0 Å². The lowest BCUT2D eigenvalue weighted by Gasteiger charge is -2.05. The number of hydrogen-bond acceptors (Lipinski definition) is 5. The maximum absolute atomic E-state index is 4.38. The van der Waals surface area contributed by atoms with E-state index in [4.69, 9.17) is 0 Å². The van der Waals surface area contributed by atoms with Crippen LogP contribution in [-0.2, 0) is 7.05 Å². The van der Waals surface area contributed by atoms with Crippen LogP contribution >= 0.6 is 11.3 Å². The summed E-state index contributed by atoms with van der Waals surface area (Å²) in [5.74, 6) is 0.810. The second kappa shape index (κ2) is 4.28. The van der Waals surface area contributed by atoms with Crippen LogP contribution in [0.3, 0.4) is 0 Å². The lowest BCUT2D eigenvalue weighted by atomic mass is 10.3. The van der Waals surface area contributed by atoms with Crippen molar-refractivity contribution < 1.29 is 0 Å². The Bertz CT molecular complexity index is 908. The zero-order valence-electron chi connectivity index (χ0n) is 10.7. The van der Waals surface area contributed by atoms with Gasteiger partial charge in [0.2, 0.25) is 0 Å². The van der Waals surface area contributed by atoms with Crippen molar-refractivity contribution in [2.45, 2.75) is 0 Å². The molecule has 98 valence electrons. The molecule has 0 fully saturated rings. The molecule has 0 saturated carbocycles. The first-order valence-electron chi connectivity index (χ1n) is 6.17. The molecule has 0 bridgehead atoms. The van der Waals surface area contributed by atoms with Crippen LogP contribution in [0.15, 0.2) is 42.3 Å². The average molecular weight is 281 g/mol. The van der Waals surface area contributed by atoms with Crippen LogP contribution in [0.1, 0.15) is 0 Å². The number of fused-ring (bicyclic) bond motifs is 2. The van der Waals surface area contributed by atoms with E-state index in [0.29, 0.717) is 0 Å². The van der Waals surface area contributed by atoms with Gasteiger partial charge in [-0.05, 0) is 18.2 Å². The molecule has 5 nitrogen and oxygen atoms in total. The minimum Gasteiger partial charge on any atom is -0.340 e. The molecule has 0 atom stereocenters. The molecule has 1 N–H and O–H groups in total. The lowest BCUT2D eigenvalue weighted by Crippen LogP contribution is -1.94. The topological polar surface area (TPSA) is 55.6 Å². The summed E-state index contributed by atoms with van der Waals surface area (Å²) >= 11 is 1.63. The minimum absolute atomic E-state index is 0.810. The molecule has 4 aromatic rings. The van der Waals surface area contributed by atoms with Crippen molar-refractivity contribution in [2.75, 3.05) is 5.32 Å². The van der Waals surface area contributed by atoms with Crippen LogP contribution in [0, 0.1) is 0 Å². The highest BCUT2D eigenvalue weighted by Gasteiger charge is 2.04. The zero-order valence-corrected chi connectivity index (χ0v) is 11.6. The van der Waals surface area contributed by atoms with Crippen molar-refractivity contribution in [3.05, 3.63) is 42.3 Å². The average Bonchev–Trinajstić information content (AvgIpc) is 3.06. The largest absolute Gasteiger partial charge is 0.340 e. The normalized spacial score (nSPS) is 11.2. The van der Waals surface area contributed by atoms with Gasteiger partial charge < -0.3 is 9.88 Å². The van der Waals surface area contributed by atoms with Crippen LogP contribution in [-0.4, -0.2) is 19.5 Å². The molecule has 0 aliphatic rings. The summed E-state index contributed by atoms with van der Waals surface area (Å²) in [4.78, 5) is 12.9. The van der Waals surface area contributed by atoms with Gasteiger partial charge >= 0.3 is 0 Å². The molecule has 0 aliphatic carbocycles. The van der Waals surface area contributed by atoms with Crippen LogP contribution in [0.4, 0.5) is 11.5 Å². The first-order chi connectivity index (χ1) is 9.79. The van der Waals surface area contributed by atoms with Crippen LogP contribution in [0.5, 0.6) is 0 Å². The Morgan fingerprint density at radius 2 is 2.05 bits per heavy atom. The Balaban J connectivity index is 1.73. The zero-order chi connectivity index (χ0) is 13.5. The Morgan fingerprint density at radius 1 is 1.10 bits per heavy atom. The van der Waals surface area contributed by atoms with Gasteiger partial charge in [0.25, 0.3) is 0 Å². The molecule has 3 heterocycles. The van der Waals surface area contributed by atoms with Crippen LogP contribution in [0.25, 0.3) is 21.3 Å². The molecule has 0 unspecified atom stereocenters. The fraction of sp³-hybridized carbons (Fsp3) is 0.0714. The van der Waals surface area contributed by atoms with E-state index in [2.05, 4.69) is 26.3 Å². The number of rotatable bonds is 2. The van der Waals surface area contributed by atoms with E-state index in [1.54, 1.807) is 23.9 Å². The molecule has 0 amide bonds. The fourth-order valence-corrected chi connectivity index (χ4v) is 2.90. The second-order valence-corrected chi connectivity index (χ2v) is 5.46. The van der Waals surface area contributed by atoms with Crippen LogP contribution < -0.4 is 5.32 Å². The molecule has 0 saturated heterocycles. The summed E-state index contributed by atoms with van der Waals surface area (Å²) in [6.07, 6.45) is 3.57. The van der Waals surface area contributed by atoms with Gasteiger partial charge in [0.1, 0.15) is 11.3 Å². The van der Waals surface area contributed by atoms with Crippen molar-refractivity contribution in [3.63, 3.8) is 0 Å². The Morgan fingerprint density at radius 3 is 3.00 bits per heavy atom. The molecule has 20 heavy (non-hydrogen) atoms. The first kappa shape index (κ1) is 11.4. The van der Waals surface area contributed by atoms with Gasteiger partial charge in [0, 0.05) is 18.8 Å². The first-order valence-corrected chi connectivity index (χ1v) is 7.05. The number of pyridine rings is 1. The Kier molecular flexibility index (Phi) is 2.43. The van der Waals surface area contributed by atoms with Gasteiger partial charge in [0.15, 0.2) is 0 Å². The van der Waals surface area contributed by atoms with Gasteiger partial charge in [-0.3, -0.25) is 0 Å². The molecule has 3 aromatic heterocycles. The van der Waals surface area contributed by atoms with Gasteiger partial charge in [0.05, 0.1) is 33.8 Å². The summed E-state index contributed by atoms with van der Waals surface area (Å²) in [5, 5.41) is 3.32. The minimum atomic E-state index is 0.810. The SMILES string of the molecule is Cn1cnc2cnc(Nc3ccc4ncsc4c3)cc21. The van der Waals surface area contributed by atoms with Gasteiger partial charge in [-0.2, -0.15) is 0 Å². The number of nitrogens with one attached hydrogen (secondary N) is 1. The number of aryl methyl sites for hydroxylation is 1. The van der Waals surface area contributed by atoms with Gasteiger partial charge in [-0.25, -0.2) is 15.0 Å². The number of imidazole rings is 1. The number of benzene rings is 1. The quantitative estimate of drug-likeness (QED) is 0.612. The number of aromatic nitrogens is 4. The van der Waals surface area contributed by atoms with E-state index >= 15 is 0 Å². The highest BCUT2D eigenvalue weighted by molar-refractivity contribution is 7.16. The molecular formula is C14H11N5S. The predicted octanol–water partition coefficient (Wildman–Crippen LogP) is 3.32. The van der Waals surface area contributed by atoms with E-state index < -0.39 is 0 Å². The maximum Gasteiger partial charge on any atom is 0.132 e. The van der Waals surface area contributed by atoms with Gasteiger partial charge in [-0.15, -0.1) is 11.3 Å². The molecular weight excluding hydrogens is 270 g/mol. The summed E-state index contributed by atoms with van der Waals surface area (Å²) in [5.41, 5.74) is 5.85. The van der Waals surface area contributed by atoms with E-state index in [9.17, 15) is 0 Å². The van der Waals surface area contributed by atoms with Crippen molar-refractivity contribution in [1.82, 2.24) is 19.5 Å². The third-order valence-electron chi connectivity index (χ3n) is 3.22. The standard InChI is InChI=1S/C14H11N5S/c1-19-7-16-11-6-15-14(5-12(11)19)18-9-2-3-10-13(4-9)20-8-17-10/h2-8H,1H3,(H,15,18). The number of anilines is 2. The Hall–Kier alpha value is -2.47. The number of thiazole rings is 1. The second-order valence-electron chi connectivity index (χ2n) is 4.57. The smallest absolute Gasteiger partial charge is 0.132 e. The summed E-state index contributed by atoms with van der Waals surface area (Å²) in [6.45, 7) is 0. The van der Waals surface area contributed by atoms with E-state index in [1.807, 2.05) is 35.3 Å². The molecule has 6 heteroatoms. The Labute approximate surface area is 118 Å². The van der Waals surface area contributed by atoms with Crippen LogP contribution in [0.2, 0.25) is 0 Å². The third-order valence-corrected chi connectivity index (χ3v) is 4.01. The van der Waals surface area contributed by atoms with Crippen molar-refractivity contribution in [3.8, 4) is 0 Å². The van der Waals surface area contributed by atoms with Crippen molar-refractivity contribution in [2.24, 2.45) is 7.05 Å². The monoisotopic (exact) mass is 281 g/mol. The van der Waals surface area contributed by atoms with E-state index in [0.717, 1.165) is 32.8 Å². The molecule has 0 spiro atoms. The van der Waals surface area contributed by atoms with E-state index in [-0.39, 0.29) is 0 Å². The maximum atomic E-state index is 4.38. The lowest BCUT2D eigenvalue weighted by molar-refractivity contribution is 0.947. The molecule has 0 aliphatic heterocycles. The summed E-state index contributed by atoms with van der Waals surface area (Å²) in [6, 6.07) is 8.11. The van der Waals surface area contributed by atoms with Crippen molar-refractivity contribution in [1.29, 1.82) is 0 Å². The predicted molar refractivity (Wildman–Crippen MR) is 81.4 cm³/mol. The molecule has 0 radical (unpaired) electrons. The molecule has 4 rings (SSSR count). The van der Waals surface area contributed by atoms with Crippen molar-refractivity contribution >= 4 is 44.1 Å². The van der Waals surface area contributed by atoms with E-state index in [1.165, 1.54) is 0 Å². The summed E-state index contributed by atoms with van der Waals surface area (Å²) in [7, 11) is 1.97.